The lowest BCUT2D eigenvalue weighted by atomic mass is 9.98. The summed E-state index contributed by atoms with van der Waals surface area (Å²) in [7, 11) is 1.30. The van der Waals surface area contributed by atoms with E-state index in [0.29, 0.717) is 27.2 Å². The smallest absolute Gasteiger partial charge is 0.337 e. The van der Waals surface area contributed by atoms with Gasteiger partial charge in [-0.2, -0.15) is 0 Å². The molecule has 148 valence electrons. The Morgan fingerprint density at radius 3 is 2.60 bits per heavy atom. The van der Waals surface area contributed by atoms with E-state index in [1.54, 1.807) is 48.5 Å². The van der Waals surface area contributed by atoms with Crippen LogP contribution in [-0.4, -0.2) is 29.2 Å². The molecule has 5 rings (SSSR count). The molecule has 0 saturated carbocycles. The van der Waals surface area contributed by atoms with Gasteiger partial charge in [-0.05, 0) is 29.8 Å². The minimum atomic E-state index is -0.756. The van der Waals surface area contributed by atoms with Crippen molar-refractivity contribution < 1.29 is 18.7 Å². The monoisotopic (exact) mass is 419 g/mol. The van der Waals surface area contributed by atoms with E-state index in [0.717, 1.165) is 0 Å². The van der Waals surface area contributed by atoms with Gasteiger partial charge in [-0.1, -0.05) is 35.6 Å². The highest BCUT2D eigenvalue weighted by atomic mass is 32.1. The molecule has 1 aliphatic heterocycles. The molecule has 0 radical (unpaired) electrons. The Morgan fingerprint density at radius 2 is 1.90 bits per heavy atom. The average Bonchev–Trinajstić information content (AvgIpc) is 3.40. The fourth-order valence-electron chi connectivity index (χ4n) is 3.62. The molecular weight excluding hydrogens is 406 g/mol. The summed E-state index contributed by atoms with van der Waals surface area (Å²) in [6.07, 6.45) is 0. The second-order valence-corrected chi connectivity index (χ2v) is 7.39. The molecule has 0 aliphatic carbocycles. The number of carbonyl (C=O) groups excluding carboxylic acids is 2. The number of rotatable bonds is 3. The molecular formula is C21H13N3O5S. The molecule has 0 spiro atoms. The largest absolute Gasteiger partial charge is 0.465 e. The molecule has 1 amide bonds. The fourth-order valence-corrected chi connectivity index (χ4v) is 4.21. The first-order chi connectivity index (χ1) is 14.6. The van der Waals surface area contributed by atoms with E-state index in [9.17, 15) is 14.4 Å². The normalized spacial score (nSPS) is 15.4. The number of para-hydroxylation sites is 1. The molecule has 8 nitrogen and oxygen atoms in total. The first kappa shape index (κ1) is 18.2. The van der Waals surface area contributed by atoms with Crippen molar-refractivity contribution in [3.05, 3.63) is 86.7 Å². The molecule has 0 bridgehead atoms. The van der Waals surface area contributed by atoms with Gasteiger partial charge in [0.2, 0.25) is 10.9 Å². The zero-order chi connectivity index (χ0) is 20.8. The van der Waals surface area contributed by atoms with Crippen LogP contribution >= 0.6 is 11.3 Å². The number of ether oxygens (including phenoxy) is 1. The first-order valence-electron chi connectivity index (χ1n) is 8.94. The summed E-state index contributed by atoms with van der Waals surface area (Å²) >= 11 is 1.18. The Hall–Kier alpha value is -3.85. The molecule has 3 heterocycles. The zero-order valence-corrected chi connectivity index (χ0v) is 16.4. The van der Waals surface area contributed by atoms with E-state index in [1.165, 1.54) is 28.9 Å². The third-order valence-electron chi connectivity index (χ3n) is 4.98. The van der Waals surface area contributed by atoms with Crippen molar-refractivity contribution >= 4 is 39.3 Å². The molecule has 30 heavy (non-hydrogen) atoms. The molecule has 0 saturated heterocycles. The minimum Gasteiger partial charge on any atom is -0.465 e. The van der Waals surface area contributed by atoms with Gasteiger partial charge in [0, 0.05) is 0 Å². The predicted molar refractivity (Wildman–Crippen MR) is 109 cm³/mol. The number of nitrogens with zero attached hydrogens (tertiary/aromatic N) is 3. The molecule has 0 fully saturated rings. The standard InChI is InChI=1S/C21H13N3O5S/c1-28-20(27)12-8-6-11(7-9-12)16-15-17(25)13-4-2-3-5-14(13)29-18(15)19(26)24(16)21-23-22-10-30-21/h2-10,16H,1H3/t16-/m0/s1. The third-order valence-corrected chi connectivity index (χ3v) is 5.67. The average molecular weight is 419 g/mol. The lowest BCUT2D eigenvalue weighted by molar-refractivity contribution is 0.0600. The highest BCUT2D eigenvalue weighted by Crippen LogP contribution is 2.41. The Bertz CT molecular complexity index is 1350. The van der Waals surface area contributed by atoms with Crippen molar-refractivity contribution in [1.82, 2.24) is 10.2 Å². The van der Waals surface area contributed by atoms with Gasteiger partial charge in [-0.25, -0.2) is 4.79 Å². The van der Waals surface area contributed by atoms with Crippen molar-refractivity contribution in [2.45, 2.75) is 6.04 Å². The SMILES string of the molecule is COC(=O)c1ccc([C@H]2c3c(oc4ccccc4c3=O)C(=O)N2c2nncs2)cc1. The highest BCUT2D eigenvalue weighted by Gasteiger charge is 2.44. The van der Waals surface area contributed by atoms with Crippen molar-refractivity contribution in [3.8, 4) is 0 Å². The zero-order valence-electron chi connectivity index (χ0n) is 15.6. The fraction of sp³-hybridized carbons (Fsp3) is 0.0952. The molecule has 2 aromatic carbocycles. The second kappa shape index (κ2) is 6.89. The summed E-state index contributed by atoms with van der Waals surface area (Å²) in [4.78, 5) is 39.8. The quantitative estimate of drug-likeness (QED) is 0.470. The number of anilines is 1. The van der Waals surface area contributed by atoms with Crippen LogP contribution in [-0.2, 0) is 4.74 Å². The number of hydrogen-bond donors (Lipinski definition) is 0. The van der Waals surface area contributed by atoms with Gasteiger partial charge in [0.25, 0.3) is 5.91 Å². The first-order valence-corrected chi connectivity index (χ1v) is 9.82. The van der Waals surface area contributed by atoms with E-state index in [2.05, 4.69) is 10.2 Å². The van der Waals surface area contributed by atoms with E-state index >= 15 is 0 Å². The summed E-state index contributed by atoms with van der Waals surface area (Å²) < 4.78 is 10.6. The second-order valence-electron chi connectivity index (χ2n) is 6.58. The Kier molecular flexibility index (Phi) is 4.18. The van der Waals surface area contributed by atoms with Gasteiger partial charge in [0.05, 0.1) is 29.7 Å². The number of methoxy groups -OCH3 is 1. The lowest BCUT2D eigenvalue weighted by Gasteiger charge is -2.22. The van der Waals surface area contributed by atoms with E-state index in [4.69, 9.17) is 9.15 Å². The topological polar surface area (TPSA) is 103 Å². The van der Waals surface area contributed by atoms with Gasteiger partial charge in [-0.15, -0.1) is 10.2 Å². The maximum atomic E-state index is 13.3. The van der Waals surface area contributed by atoms with E-state index in [-0.39, 0.29) is 16.8 Å². The van der Waals surface area contributed by atoms with Crippen LogP contribution in [0.15, 0.2) is 63.3 Å². The van der Waals surface area contributed by atoms with Crippen molar-refractivity contribution in [2.24, 2.45) is 0 Å². The maximum Gasteiger partial charge on any atom is 0.337 e. The van der Waals surface area contributed by atoms with Crippen LogP contribution in [0.4, 0.5) is 5.13 Å². The lowest BCUT2D eigenvalue weighted by Crippen LogP contribution is -2.29. The molecule has 1 aliphatic rings. The Balaban J connectivity index is 1.75. The van der Waals surface area contributed by atoms with E-state index < -0.39 is 17.9 Å². The van der Waals surface area contributed by atoms with Crippen LogP contribution in [0.3, 0.4) is 0 Å². The third kappa shape index (κ3) is 2.63. The maximum absolute atomic E-state index is 13.3. The molecule has 4 aromatic rings. The molecule has 9 heteroatoms. The Morgan fingerprint density at radius 1 is 1.13 bits per heavy atom. The van der Waals surface area contributed by atoms with Crippen LogP contribution in [0.5, 0.6) is 0 Å². The van der Waals surface area contributed by atoms with E-state index in [1.807, 2.05) is 0 Å². The summed E-state index contributed by atoms with van der Waals surface area (Å²) in [6.45, 7) is 0. The number of amides is 1. The number of esters is 1. The molecule has 0 N–H and O–H groups in total. The number of aromatic nitrogens is 2. The number of carbonyl (C=O) groups is 2. The molecule has 1 atom stereocenters. The summed E-state index contributed by atoms with van der Waals surface area (Å²) in [5, 5.41) is 8.58. The Labute approximate surface area is 173 Å². The van der Waals surface area contributed by atoms with Crippen LogP contribution in [0.2, 0.25) is 0 Å². The minimum absolute atomic E-state index is 0.0176. The number of benzene rings is 2. The van der Waals surface area contributed by atoms with Gasteiger partial charge in [0.1, 0.15) is 11.1 Å². The molecule has 0 unspecified atom stereocenters. The van der Waals surface area contributed by atoms with Crippen LogP contribution < -0.4 is 10.3 Å². The molecule has 2 aromatic heterocycles. The van der Waals surface area contributed by atoms with Crippen molar-refractivity contribution in [1.29, 1.82) is 0 Å². The summed E-state index contributed by atoms with van der Waals surface area (Å²) in [6, 6.07) is 12.6. The predicted octanol–water partition coefficient (Wildman–Crippen LogP) is 3.18. The van der Waals surface area contributed by atoms with Crippen molar-refractivity contribution in [2.75, 3.05) is 12.0 Å². The highest BCUT2D eigenvalue weighted by molar-refractivity contribution is 7.13. The number of hydrogen-bond acceptors (Lipinski definition) is 8. The van der Waals surface area contributed by atoms with Crippen LogP contribution in [0, 0.1) is 0 Å². The van der Waals surface area contributed by atoms with Crippen LogP contribution in [0.1, 0.15) is 38.1 Å². The van der Waals surface area contributed by atoms with Gasteiger partial charge >= 0.3 is 5.97 Å². The van der Waals surface area contributed by atoms with Crippen LogP contribution in [0.25, 0.3) is 11.0 Å². The summed E-state index contributed by atoms with van der Waals surface area (Å²) in [5.41, 5.74) is 2.79. The van der Waals surface area contributed by atoms with Gasteiger partial charge in [0.15, 0.2) is 5.43 Å². The van der Waals surface area contributed by atoms with Gasteiger partial charge in [-0.3, -0.25) is 14.5 Å². The number of fused-ring (bicyclic) bond motifs is 2. The summed E-state index contributed by atoms with van der Waals surface area (Å²) in [5.74, 6) is -0.960. The van der Waals surface area contributed by atoms with Crippen molar-refractivity contribution in [3.63, 3.8) is 0 Å². The van der Waals surface area contributed by atoms with Gasteiger partial charge < -0.3 is 9.15 Å².